The average Bonchev–Trinajstić information content (AvgIpc) is 2.40. The van der Waals surface area contributed by atoms with Crippen LogP contribution in [0.1, 0.15) is 16.8 Å². The zero-order valence-corrected chi connectivity index (χ0v) is 10.5. The summed E-state index contributed by atoms with van der Waals surface area (Å²) < 4.78 is 38.5. The fraction of sp³-hybridized carbons (Fsp3) is 0.143. The van der Waals surface area contributed by atoms with E-state index in [1.54, 1.807) is 12.1 Å². The third-order valence-corrected chi connectivity index (χ3v) is 2.74. The fourth-order valence-electron chi connectivity index (χ4n) is 1.76. The van der Waals surface area contributed by atoms with Gasteiger partial charge in [0.15, 0.2) is 5.69 Å². The predicted molar refractivity (Wildman–Crippen MR) is 68.4 cm³/mol. The number of alkyl halides is 3. The molecule has 0 saturated heterocycles. The Hall–Kier alpha value is -2.55. The first kappa shape index (κ1) is 13.9. The van der Waals surface area contributed by atoms with Gasteiger partial charge in [0.2, 0.25) is 0 Å². The highest BCUT2D eigenvalue weighted by Crippen LogP contribution is 2.34. The van der Waals surface area contributed by atoms with Crippen molar-refractivity contribution in [1.82, 2.24) is 4.98 Å². The molecule has 0 saturated carbocycles. The van der Waals surface area contributed by atoms with Gasteiger partial charge in [-0.05, 0) is 36.8 Å². The van der Waals surface area contributed by atoms with Crippen molar-refractivity contribution in [2.75, 3.05) is 5.32 Å². The second-order valence-electron chi connectivity index (χ2n) is 4.16. The van der Waals surface area contributed by atoms with E-state index >= 15 is 0 Å². The van der Waals surface area contributed by atoms with Gasteiger partial charge in [0.1, 0.15) is 6.07 Å². The van der Waals surface area contributed by atoms with Crippen LogP contribution < -0.4 is 5.32 Å². The maximum Gasteiger partial charge on any atom is 0.416 e. The van der Waals surface area contributed by atoms with Crippen LogP contribution >= 0.6 is 0 Å². The zero-order chi connectivity index (χ0) is 14.8. The van der Waals surface area contributed by atoms with E-state index in [0.29, 0.717) is 5.69 Å². The van der Waals surface area contributed by atoms with Gasteiger partial charge in [0.05, 0.1) is 11.3 Å². The summed E-state index contributed by atoms with van der Waals surface area (Å²) in [5.74, 6) is 0. The number of hydrogen-bond acceptors (Lipinski definition) is 3. The number of benzene rings is 1. The average molecular weight is 277 g/mol. The topological polar surface area (TPSA) is 48.7 Å². The van der Waals surface area contributed by atoms with E-state index in [9.17, 15) is 13.2 Å². The Morgan fingerprint density at radius 2 is 2.00 bits per heavy atom. The minimum Gasteiger partial charge on any atom is -0.353 e. The minimum atomic E-state index is -4.41. The Kier molecular flexibility index (Phi) is 3.61. The number of halogens is 3. The maximum atomic E-state index is 12.8. The molecule has 6 heteroatoms. The predicted octanol–water partition coefficient (Wildman–Crippen LogP) is 4.02. The van der Waals surface area contributed by atoms with E-state index in [-0.39, 0.29) is 16.9 Å². The van der Waals surface area contributed by atoms with Crippen LogP contribution in [0.5, 0.6) is 0 Å². The highest BCUT2D eigenvalue weighted by atomic mass is 19.4. The summed E-state index contributed by atoms with van der Waals surface area (Å²) in [4.78, 5) is 3.84. The third-order valence-electron chi connectivity index (χ3n) is 2.74. The summed E-state index contributed by atoms with van der Waals surface area (Å²) in [6.45, 7) is 1.40. The van der Waals surface area contributed by atoms with E-state index in [0.717, 1.165) is 6.07 Å². The van der Waals surface area contributed by atoms with Crippen LogP contribution in [0.3, 0.4) is 0 Å². The molecular weight excluding hydrogens is 267 g/mol. The lowest BCUT2D eigenvalue weighted by atomic mass is 10.1. The number of nitrogens with one attached hydrogen (secondary N) is 1. The molecule has 0 aliphatic carbocycles. The molecule has 0 radical (unpaired) electrons. The molecule has 1 heterocycles. The van der Waals surface area contributed by atoms with Crippen molar-refractivity contribution in [2.24, 2.45) is 0 Å². The largest absolute Gasteiger partial charge is 0.416 e. The van der Waals surface area contributed by atoms with Crippen molar-refractivity contribution in [2.45, 2.75) is 13.1 Å². The second kappa shape index (κ2) is 5.21. The number of nitrogens with zero attached hydrogens (tertiary/aromatic N) is 2. The van der Waals surface area contributed by atoms with E-state index in [1.165, 1.54) is 25.3 Å². The second-order valence-corrected chi connectivity index (χ2v) is 4.16. The molecule has 0 spiro atoms. The molecule has 2 aromatic rings. The molecule has 0 atom stereocenters. The van der Waals surface area contributed by atoms with Crippen LogP contribution in [0.25, 0.3) is 0 Å². The number of pyridine rings is 1. The summed E-state index contributed by atoms with van der Waals surface area (Å²) in [5, 5.41) is 11.7. The van der Waals surface area contributed by atoms with Gasteiger partial charge in [-0.3, -0.25) is 0 Å². The minimum absolute atomic E-state index is 0.127. The van der Waals surface area contributed by atoms with Crippen LogP contribution in [0.2, 0.25) is 0 Å². The van der Waals surface area contributed by atoms with Gasteiger partial charge in [-0.2, -0.15) is 18.4 Å². The molecule has 3 nitrogen and oxygen atoms in total. The molecule has 0 bridgehead atoms. The SMILES string of the molecule is Cc1ccc(Nc2cccnc2C#N)cc1C(F)(F)F. The Labute approximate surface area is 113 Å². The van der Waals surface area contributed by atoms with Crippen LogP contribution in [0, 0.1) is 18.3 Å². The van der Waals surface area contributed by atoms with Crippen molar-refractivity contribution in [3.63, 3.8) is 0 Å². The van der Waals surface area contributed by atoms with Crippen LogP contribution in [-0.2, 0) is 6.18 Å². The first-order valence-corrected chi connectivity index (χ1v) is 5.72. The van der Waals surface area contributed by atoms with Crippen molar-refractivity contribution in [3.8, 4) is 6.07 Å². The summed E-state index contributed by atoms with van der Waals surface area (Å²) in [6.07, 6.45) is -2.96. The number of aryl methyl sites for hydroxylation is 1. The Bertz CT molecular complexity index is 672. The summed E-state index contributed by atoms with van der Waals surface area (Å²) in [5.41, 5.74) is 0.195. The molecule has 1 N–H and O–H groups in total. The van der Waals surface area contributed by atoms with Gasteiger partial charge < -0.3 is 5.32 Å². The third kappa shape index (κ3) is 2.88. The standard InChI is InChI=1S/C14H10F3N3/c1-9-4-5-10(7-11(9)14(15,16)17)20-12-3-2-6-19-13(12)8-18/h2-7,20H,1H3. The Morgan fingerprint density at radius 1 is 1.25 bits per heavy atom. The van der Waals surface area contributed by atoms with E-state index in [2.05, 4.69) is 10.3 Å². The number of aromatic nitrogens is 1. The highest BCUT2D eigenvalue weighted by molar-refractivity contribution is 5.65. The fourth-order valence-corrected chi connectivity index (χ4v) is 1.76. The molecule has 0 amide bonds. The van der Waals surface area contributed by atoms with Crippen molar-refractivity contribution < 1.29 is 13.2 Å². The molecule has 1 aromatic heterocycles. The van der Waals surface area contributed by atoms with Gasteiger partial charge in [-0.25, -0.2) is 4.98 Å². The quantitative estimate of drug-likeness (QED) is 0.901. The van der Waals surface area contributed by atoms with Gasteiger partial charge in [0, 0.05) is 11.9 Å². The highest BCUT2D eigenvalue weighted by Gasteiger charge is 2.32. The Morgan fingerprint density at radius 3 is 2.65 bits per heavy atom. The number of rotatable bonds is 2. The molecule has 1 aromatic carbocycles. The maximum absolute atomic E-state index is 12.8. The molecule has 0 aliphatic heterocycles. The van der Waals surface area contributed by atoms with Gasteiger partial charge in [-0.15, -0.1) is 0 Å². The lowest BCUT2D eigenvalue weighted by molar-refractivity contribution is -0.138. The molecular formula is C14H10F3N3. The van der Waals surface area contributed by atoms with Gasteiger partial charge in [0.25, 0.3) is 0 Å². The number of anilines is 2. The number of nitriles is 1. The normalized spacial score (nSPS) is 10.9. The van der Waals surface area contributed by atoms with Crippen LogP contribution in [0.15, 0.2) is 36.5 Å². The molecule has 0 fully saturated rings. The van der Waals surface area contributed by atoms with E-state index in [4.69, 9.17) is 5.26 Å². The Balaban J connectivity index is 2.38. The van der Waals surface area contributed by atoms with Crippen molar-refractivity contribution in [3.05, 3.63) is 53.3 Å². The summed E-state index contributed by atoms with van der Waals surface area (Å²) in [6, 6.07) is 8.98. The summed E-state index contributed by atoms with van der Waals surface area (Å²) >= 11 is 0. The van der Waals surface area contributed by atoms with E-state index < -0.39 is 11.7 Å². The molecule has 0 aliphatic rings. The van der Waals surface area contributed by atoms with Crippen LogP contribution in [-0.4, -0.2) is 4.98 Å². The number of hydrogen-bond donors (Lipinski definition) is 1. The van der Waals surface area contributed by atoms with Gasteiger partial charge in [-0.1, -0.05) is 6.07 Å². The van der Waals surface area contributed by atoms with Gasteiger partial charge >= 0.3 is 6.18 Å². The zero-order valence-electron chi connectivity index (χ0n) is 10.5. The molecule has 2 rings (SSSR count). The van der Waals surface area contributed by atoms with E-state index in [1.807, 2.05) is 6.07 Å². The smallest absolute Gasteiger partial charge is 0.353 e. The summed E-state index contributed by atoms with van der Waals surface area (Å²) in [7, 11) is 0. The lowest BCUT2D eigenvalue weighted by Crippen LogP contribution is -2.08. The molecule has 0 unspecified atom stereocenters. The monoisotopic (exact) mass is 277 g/mol. The van der Waals surface area contributed by atoms with Crippen molar-refractivity contribution >= 4 is 11.4 Å². The lowest BCUT2D eigenvalue weighted by Gasteiger charge is -2.13. The van der Waals surface area contributed by atoms with Crippen LogP contribution in [0.4, 0.5) is 24.5 Å². The first-order chi connectivity index (χ1) is 9.41. The van der Waals surface area contributed by atoms with Crippen molar-refractivity contribution in [1.29, 1.82) is 5.26 Å². The molecule has 102 valence electrons. The molecule has 20 heavy (non-hydrogen) atoms. The first-order valence-electron chi connectivity index (χ1n) is 5.72.